The molecule has 1 aliphatic carbocycles. The predicted molar refractivity (Wildman–Crippen MR) is 70.7 cm³/mol. The van der Waals surface area contributed by atoms with E-state index in [1.54, 1.807) is 0 Å². The minimum absolute atomic E-state index is 0.263. The smallest absolute Gasteiger partial charge is 0.0595 e. The lowest BCUT2D eigenvalue weighted by Crippen LogP contribution is -2.41. The summed E-state index contributed by atoms with van der Waals surface area (Å²) < 4.78 is 0. The number of hydrogen-bond acceptors (Lipinski definition) is 3. The molecule has 0 radical (unpaired) electrons. The van der Waals surface area contributed by atoms with Crippen molar-refractivity contribution in [1.82, 2.24) is 4.90 Å². The van der Waals surface area contributed by atoms with E-state index in [9.17, 15) is 0 Å². The normalized spacial score (nSPS) is 20.0. The molecule has 2 atom stereocenters. The molecule has 1 aliphatic rings. The fourth-order valence-corrected chi connectivity index (χ4v) is 3.31. The quantitative estimate of drug-likeness (QED) is 0.825. The second-order valence-corrected chi connectivity index (χ2v) is 5.57. The molecule has 0 aromatic carbocycles. The van der Waals surface area contributed by atoms with Crippen LogP contribution >= 0.6 is 11.3 Å². The van der Waals surface area contributed by atoms with Crippen LogP contribution in [0.2, 0.25) is 0 Å². The molecule has 2 N–H and O–H groups in total. The Morgan fingerprint density at radius 1 is 1.50 bits per heavy atom. The van der Waals surface area contributed by atoms with Crippen LogP contribution in [0.5, 0.6) is 0 Å². The highest BCUT2D eigenvalue weighted by molar-refractivity contribution is 7.10. The van der Waals surface area contributed by atoms with Gasteiger partial charge in [-0.2, -0.15) is 0 Å². The number of nitrogens with zero attached hydrogens (tertiary/aromatic N) is 1. The van der Waals surface area contributed by atoms with Gasteiger partial charge < -0.3 is 5.73 Å². The average molecular weight is 238 g/mol. The minimum Gasteiger partial charge on any atom is -0.326 e. The van der Waals surface area contributed by atoms with Crippen molar-refractivity contribution in [2.45, 2.75) is 51.2 Å². The van der Waals surface area contributed by atoms with Gasteiger partial charge >= 0.3 is 0 Å². The van der Waals surface area contributed by atoms with Crippen molar-refractivity contribution in [3.63, 3.8) is 0 Å². The van der Waals surface area contributed by atoms with Crippen LogP contribution in [-0.2, 0) is 0 Å². The van der Waals surface area contributed by atoms with Gasteiger partial charge in [-0.3, -0.25) is 4.90 Å². The molecule has 0 saturated heterocycles. The first kappa shape index (κ1) is 12.1. The molecule has 0 spiro atoms. The van der Waals surface area contributed by atoms with Gasteiger partial charge in [-0.15, -0.1) is 11.3 Å². The molecular formula is C13H22N2S. The molecule has 1 saturated carbocycles. The monoisotopic (exact) mass is 238 g/mol. The van der Waals surface area contributed by atoms with E-state index in [2.05, 4.69) is 36.3 Å². The van der Waals surface area contributed by atoms with Gasteiger partial charge in [0.25, 0.3) is 0 Å². The zero-order chi connectivity index (χ0) is 11.5. The Labute approximate surface area is 102 Å². The number of thiophene rings is 1. The Kier molecular flexibility index (Phi) is 4.00. The molecule has 1 heterocycles. The number of rotatable bonds is 6. The van der Waals surface area contributed by atoms with E-state index >= 15 is 0 Å². The topological polar surface area (TPSA) is 29.3 Å². The molecule has 1 aromatic heterocycles. The summed E-state index contributed by atoms with van der Waals surface area (Å²) in [7, 11) is 0. The predicted octanol–water partition coefficient (Wildman–Crippen LogP) is 3.01. The standard InChI is InChI=1S/C13H22N2S/c1-3-11(14)13(12-6-5-9-16-12)15(4-2)10-7-8-10/h5-6,9-11,13H,3-4,7-8,14H2,1-2H3. The summed E-state index contributed by atoms with van der Waals surface area (Å²) in [4.78, 5) is 4.03. The molecule has 1 fully saturated rings. The van der Waals surface area contributed by atoms with E-state index in [1.807, 2.05) is 11.3 Å². The van der Waals surface area contributed by atoms with Crippen molar-refractivity contribution in [2.24, 2.45) is 5.73 Å². The fourth-order valence-electron chi connectivity index (χ4n) is 2.39. The Balaban J connectivity index is 2.19. The molecule has 2 nitrogen and oxygen atoms in total. The molecule has 0 bridgehead atoms. The Morgan fingerprint density at radius 2 is 2.25 bits per heavy atom. The summed E-state index contributed by atoms with van der Waals surface area (Å²) in [6, 6.07) is 5.85. The molecule has 2 unspecified atom stereocenters. The van der Waals surface area contributed by atoms with Gasteiger partial charge in [-0.05, 0) is 37.3 Å². The summed E-state index contributed by atoms with van der Waals surface area (Å²) in [6.45, 7) is 5.55. The van der Waals surface area contributed by atoms with Gasteiger partial charge in [-0.25, -0.2) is 0 Å². The number of nitrogens with two attached hydrogens (primary N) is 1. The molecule has 3 heteroatoms. The van der Waals surface area contributed by atoms with Crippen molar-refractivity contribution in [3.05, 3.63) is 22.4 Å². The lowest BCUT2D eigenvalue weighted by atomic mass is 10.0. The zero-order valence-electron chi connectivity index (χ0n) is 10.2. The van der Waals surface area contributed by atoms with Gasteiger partial charge in [0.05, 0.1) is 6.04 Å². The highest BCUT2D eigenvalue weighted by atomic mass is 32.1. The first-order chi connectivity index (χ1) is 7.77. The third kappa shape index (κ3) is 2.47. The lowest BCUT2D eigenvalue weighted by molar-refractivity contribution is 0.171. The molecule has 2 rings (SSSR count). The molecule has 0 aliphatic heterocycles. The maximum Gasteiger partial charge on any atom is 0.0595 e. The number of hydrogen-bond donors (Lipinski definition) is 1. The molecule has 16 heavy (non-hydrogen) atoms. The van der Waals surface area contributed by atoms with Gasteiger partial charge in [0.1, 0.15) is 0 Å². The van der Waals surface area contributed by atoms with E-state index in [4.69, 9.17) is 5.73 Å². The maximum absolute atomic E-state index is 6.32. The first-order valence-electron chi connectivity index (χ1n) is 6.32. The second-order valence-electron chi connectivity index (χ2n) is 4.59. The van der Waals surface area contributed by atoms with Crippen molar-refractivity contribution in [2.75, 3.05) is 6.54 Å². The summed E-state index contributed by atoms with van der Waals surface area (Å²) in [5.41, 5.74) is 6.32. The van der Waals surface area contributed by atoms with Gasteiger partial charge in [-0.1, -0.05) is 19.9 Å². The molecular weight excluding hydrogens is 216 g/mol. The van der Waals surface area contributed by atoms with Gasteiger partial charge in [0, 0.05) is 17.0 Å². The Hall–Kier alpha value is -0.380. The van der Waals surface area contributed by atoms with Crippen LogP contribution in [0.15, 0.2) is 17.5 Å². The highest BCUT2D eigenvalue weighted by Crippen LogP contribution is 2.37. The Morgan fingerprint density at radius 3 is 2.69 bits per heavy atom. The molecule has 1 aromatic rings. The molecule has 0 amide bonds. The second kappa shape index (κ2) is 5.30. The largest absolute Gasteiger partial charge is 0.326 e. The van der Waals surface area contributed by atoms with Crippen molar-refractivity contribution >= 4 is 11.3 Å². The highest BCUT2D eigenvalue weighted by Gasteiger charge is 2.36. The van der Waals surface area contributed by atoms with E-state index < -0.39 is 0 Å². The van der Waals surface area contributed by atoms with Crippen molar-refractivity contribution in [3.8, 4) is 0 Å². The van der Waals surface area contributed by atoms with E-state index in [1.165, 1.54) is 17.7 Å². The van der Waals surface area contributed by atoms with Crippen LogP contribution in [0, 0.1) is 0 Å². The van der Waals surface area contributed by atoms with Crippen LogP contribution in [0.3, 0.4) is 0 Å². The van der Waals surface area contributed by atoms with Crippen LogP contribution in [-0.4, -0.2) is 23.5 Å². The Bertz CT molecular complexity index is 306. The SMILES string of the molecule is CCC(N)C(c1cccs1)N(CC)C1CC1. The summed E-state index contributed by atoms with van der Waals surface area (Å²) >= 11 is 1.84. The van der Waals surface area contributed by atoms with E-state index in [0.29, 0.717) is 6.04 Å². The van der Waals surface area contributed by atoms with Crippen molar-refractivity contribution < 1.29 is 0 Å². The van der Waals surface area contributed by atoms with Crippen LogP contribution in [0.1, 0.15) is 44.0 Å². The third-order valence-corrected chi connectivity index (χ3v) is 4.39. The maximum atomic E-state index is 6.32. The van der Waals surface area contributed by atoms with Gasteiger partial charge in [0.2, 0.25) is 0 Å². The average Bonchev–Trinajstić information content (AvgIpc) is 3.00. The fraction of sp³-hybridized carbons (Fsp3) is 0.692. The van der Waals surface area contributed by atoms with Crippen LogP contribution < -0.4 is 5.73 Å². The van der Waals surface area contributed by atoms with Crippen LogP contribution in [0.4, 0.5) is 0 Å². The van der Waals surface area contributed by atoms with Gasteiger partial charge in [0.15, 0.2) is 0 Å². The minimum atomic E-state index is 0.263. The number of likely N-dealkylation sites (N-methyl/N-ethyl adjacent to an activating group) is 1. The summed E-state index contributed by atoms with van der Waals surface area (Å²) in [5.74, 6) is 0. The summed E-state index contributed by atoms with van der Waals surface area (Å²) in [6.07, 6.45) is 3.75. The van der Waals surface area contributed by atoms with Crippen molar-refractivity contribution in [1.29, 1.82) is 0 Å². The third-order valence-electron chi connectivity index (χ3n) is 3.45. The zero-order valence-corrected chi connectivity index (χ0v) is 11.0. The van der Waals surface area contributed by atoms with E-state index in [-0.39, 0.29) is 6.04 Å². The van der Waals surface area contributed by atoms with Crippen LogP contribution in [0.25, 0.3) is 0 Å². The first-order valence-corrected chi connectivity index (χ1v) is 7.20. The molecule has 90 valence electrons. The summed E-state index contributed by atoms with van der Waals surface area (Å²) in [5, 5.41) is 2.16. The lowest BCUT2D eigenvalue weighted by Gasteiger charge is -2.34. The van der Waals surface area contributed by atoms with E-state index in [0.717, 1.165) is 19.0 Å².